The van der Waals surface area contributed by atoms with Crippen molar-refractivity contribution in [2.45, 2.75) is 0 Å². The average molecular weight is 263 g/mol. The van der Waals surface area contributed by atoms with Crippen molar-refractivity contribution in [3.05, 3.63) is 0 Å². The summed E-state index contributed by atoms with van der Waals surface area (Å²) in [6.45, 7) is 0. The number of rotatable bonds is 6. The third-order valence-electron chi connectivity index (χ3n) is 1.01. The number of alkyl halides is 1. The van der Waals surface area contributed by atoms with E-state index >= 15 is 0 Å². The summed E-state index contributed by atoms with van der Waals surface area (Å²) in [5.41, 5.74) is 0. The third kappa shape index (κ3) is 6.06. The molecule has 1 N–H and O–H groups in total. The largest absolute Gasteiger partial charge is 0.331 e. The Labute approximate surface area is 86.3 Å². The predicted molar refractivity (Wildman–Crippen MR) is 49.6 cm³/mol. The Balaban J connectivity index is 4.41. The van der Waals surface area contributed by atoms with Crippen molar-refractivity contribution in [1.82, 2.24) is 4.72 Å². The second-order valence-corrected chi connectivity index (χ2v) is 6.07. The fourth-order valence-electron chi connectivity index (χ4n) is 0.435. The van der Waals surface area contributed by atoms with Crippen molar-refractivity contribution in [3.63, 3.8) is 0 Å². The molecule has 0 bridgehead atoms. The standard InChI is InChI=1S/C4H7ClN2O5S2/c5-1-2-13(9,10)4-7-14(11,12)6-3-8/h7H,1-2,4H2. The summed E-state index contributed by atoms with van der Waals surface area (Å²) in [4.78, 5) is 9.59. The lowest BCUT2D eigenvalue weighted by Crippen LogP contribution is -2.29. The second-order valence-electron chi connectivity index (χ2n) is 2.08. The summed E-state index contributed by atoms with van der Waals surface area (Å²) in [6, 6.07) is 0. The maximum atomic E-state index is 10.9. The topological polar surface area (TPSA) is 110 Å². The van der Waals surface area contributed by atoms with E-state index in [9.17, 15) is 21.6 Å². The number of nitrogens with zero attached hydrogens (tertiary/aromatic N) is 1. The zero-order valence-corrected chi connectivity index (χ0v) is 9.19. The molecule has 0 atom stereocenters. The van der Waals surface area contributed by atoms with Gasteiger partial charge in [-0.05, 0) is 0 Å². The van der Waals surface area contributed by atoms with Crippen LogP contribution in [-0.2, 0) is 24.8 Å². The lowest BCUT2D eigenvalue weighted by atomic mass is 11.0. The first-order valence-electron chi connectivity index (χ1n) is 3.18. The molecule has 0 unspecified atom stereocenters. The Hall–Kier alpha value is -0.470. The van der Waals surface area contributed by atoms with Crippen molar-refractivity contribution in [3.8, 4) is 0 Å². The van der Waals surface area contributed by atoms with Crippen LogP contribution < -0.4 is 4.72 Å². The van der Waals surface area contributed by atoms with Crippen LogP contribution in [0.1, 0.15) is 0 Å². The zero-order chi connectivity index (χ0) is 11.2. The molecular formula is C4H7ClN2O5S2. The molecule has 0 aliphatic heterocycles. The highest BCUT2D eigenvalue weighted by atomic mass is 35.5. The van der Waals surface area contributed by atoms with E-state index in [4.69, 9.17) is 11.6 Å². The molecule has 0 aromatic rings. The summed E-state index contributed by atoms with van der Waals surface area (Å²) < 4.78 is 47.1. The van der Waals surface area contributed by atoms with Crippen LogP contribution in [0.15, 0.2) is 4.40 Å². The average Bonchev–Trinajstić information content (AvgIpc) is 2.01. The van der Waals surface area contributed by atoms with Crippen LogP contribution in [0.3, 0.4) is 0 Å². The van der Waals surface area contributed by atoms with Gasteiger partial charge in [-0.15, -0.1) is 11.6 Å². The van der Waals surface area contributed by atoms with E-state index in [0.717, 1.165) is 6.08 Å². The number of halogens is 1. The van der Waals surface area contributed by atoms with Crippen LogP contribution in [0.4, 0.5) is 0 Å². The SMILES string of the molecule is O=C=NS(=O)(=O)NCS(=O)(=O)CCCl. The van der Waals surface area contributed by atoms with Gasteiger partial charge in [-0.1, -0.05) is 4.40 Å². The van der Waals surface area contributed by atoms with Gasteiger partial charge in [-0.3, -0.25) is 0 Å². The van der Waals surface area contributed by atoms with Gasteiger partial charge >= 0.3 is 10.2 Å². The Kier molecular flexibility index (Phi) is 5.24. The first kappa shape index (κ1) is 13.5. The van der Waals surface area contributed by atoms with E-state index in [2.05, 4.69) is 4.40 Å². The number of isocyanates is 1. The minimum Gasteiger partial charge on any atom is -0.227 e. The van der Waals surface area contributed by atoms with Gasteiger partial charge in [0.1, 0.15) is 5.88 Å². The Morgan fingerprint density at radius 1 is 1.29 bits per heavy atom. The highest BCUT2D eigenvalue weighted by Crippen LogP contribution is 1.92. The Morgan fingerprint density at radius 2 is 1.86 bits per heavy atom. The number of sulfone groups is 1. The Bertz CT molecular complexity index is 421. The summed E-state index contributed by atoms with van der Waals surface area (Å²) >= 11 is 5.16. The first-order chi connectivity index (χ1) is 6.33. The van der Waals surface area contributed by atoms with Crippen LogP contribution >= 0.6 is 11.6 Å². The van der Waals surface area contributed by atoms with Crippen LogP contribution in [0.25, 0.3) is 0 Å². The van der Waals surface area contributed by atoms with Gasteiger partial charge in [0.15, 0.2) is 9.84 Å². The predicted octanol–water partition coefficient (Wildman–Crippen LogP) is -1.23. The molecule has 0 radical (unpaired) electrons. The zero-order valence-electron chi connectivity index (χ0n) is 6.80. The lowest BCUT2D eigenvalue weighted by molar-refractivity contribution is 0.561. The van der Waals surface area contributed by atoms with Crippen molar-refractivity contribution in [2.24, 2.45) is 4.40 Å². The van der Waals surface area contributed by atoms with Gasteiger partial charge in [0, 0.05) is 5.88 Å². The first-order valence-corrected chi connectivity index (χ1v) is 6.98. The quantitative estimate of drug-likeness (QED) is 0.366. The van der Waals surface area contributed by atoms with Crippen LogP contribution in [0, 0.1) is 0 Å². The number of hydrogen-bond donors (Lipinski definition) is 1. The molecule has 0 aliphatic carbocycles. The van der Waals surface area contributed by atoms with E-state index in [1.54, 1.807) is 4.72 Å². The van der Waals surface area contributed by atoms with E-state index in [0.29, 0.717) is 0 Å². The number of nitrogens with one attached hydrogen (secondary N) is 1. The molecule has 0 fully saturated rings. The van der Waals surface area contributed by atoms with Gasteiger partial charge in [0.05, 0.1) is 5.75 Å². The van der Waals surface area contributed by atoms with E-state index in [-0.39, 0.29) is 11.6 Å². The molecule has 0 amide bonds. The molecule has 82 valence electrons. The molecule has 0 rings (SSSR count). The van der Waals surface area contributed by atoms with Gasteiger partial charge in [-0.2, -0.15) is 13.1 Å². The molecule has 0 aliphatic rings. The van der Waals surface area contributed by atoms with E-state index in [1.807, 2.05) is 0 Å². The highest BCUT2D eigenvalue weighted by Gasteiger charge is 2.14. The van der Waals surface area contributed by atoms with Gasteiger partial charge in [0.2, 0.25) is 0 Å². The van der Waals surface area contributed by atoms with Crippen molar-refractivity contribution in [1.29, 1.82) is 0 Å². The molecule has 0 spiro atoms. The van der Waals surface area contributed by atoms with Crippen LogP contribution in [0.5, 0.6) is 0 Å². The van der Waals surface area contributed by atoms with Crippen molar-refractivity contribution < 1.29 is 21.6 Å². The molecule has 7 nitrogen and oxygen atoms in total. The van der Waals surface area contributed by atoms with Gasteiger partial charge < -0.3 is 0 Å². The molecule has 10 heteroatoms. The summed E-state index contributed by atoms with van der Waals surface area (Å²) in [5, 5.41) is 0. The molecule has 0 aromatic carbocycles. The fourth-order valence-corrected chi connectivity index (χ4v) is 3.00. The second kappa shape index (κ2) is 5.42. The minimum atomic E-state index is -4.25. The maximum Gasteiger partial charge on any atom is 0.331 e. The molecule has 0 heterocycles. The summed E-state index contributed by atoms with van der Waals surface area (Å²) in [7, 11) is -7.85. The van der Waals surface area contributed by atoms with Crippen molar-refractivity contribution in [2.75, 3.05) is 17.5 Å². The molecule has 0 saturated carbocycles. The summed E-state index contributed by atoms with van der Waals surface area (Å²) in [6.07, 6.45) is 0.780. The highest BCUT2D eigenvalue weighted by molar-refractivity contribution is 7.93. The fraction of sp³-hybridized carbons (Fsp3) is 0.750. The third-order valence-corrected chi connectivity index (χ3v) is 3.84. The van der Waals surface area contributed by atoms with E-state index in [1.165, 1.54) is 0 Å². The molecule has 14 heavy (non-hydrogen) atoms. The number of hydrogen-bond acceptors (Lipinski definition) is 5. The normalized spacial score (nSPS) is 12.1. The monoisotopic (exact) mass is 262 g/mol. The molecule has 0 aromatic heterocycles. The van der Waals surface area contributed by atoms with Crippen LogP contribution in [-0.4, -0.2) is 40.4 Å². The molecular weight excluding hydrogens is 256 g/mol. The van der Waals surface area contributed by atoms with Crippen molar-refractivity contribution >= 4 is 37.7 Å². The smallest absolute Gasteiger partial charge is 0.227 e. The molecule has 0 saturated heterocycles. The van der Waals surface area contributed by atoms with E-state index < -0.39 is 25.9 Å². The summed E-state index contributed by atoms with van der Waals surface area (Å²) in [5.74, 6) is -1.34. The van der Waals surface area contributed by atoms with Crippen LogP contribution in [0.2, 0.25) is 0 Å². The minimum absolute atomic E-state index is 0.138. The lowest BCUT2D eigenvalue weighted by Gasteiger charge is -2.01. The van der Waals surface area contributed by atoms with Gasteiger partial charge in [-0.25, -0.2) is 13.2 Å². The maximum absolute atomic E-state index is 10.9. The Morgan fingerprint density at radius 3 is 2.29 bits per heavy atom. The van der Waals surface area contributed by atoms with Gasteiger partial charge in [0.25, 0.3) is 6.08 Å². The number of carbonyl (C=O) groups excluding carboxylic acids is 1.